The topological polar surface area (TPSA) is 155 Å². The lowest BCUT2D eigenvalue weighted by Crippen LogP contribution is -2.30. The van der Waals surface area contributed by atoms with Crippen LogP contribution in [0.2, 0.25) is 0 Å². The minimum absolute atomic E-state index is 0.127. The van der Waals surface area contributed by atoms with Crippen LogP contribution in [0.5, 0.6) is 0 Å². The molecule has 0 radical (unpaired) electrons. The zero-order valence-electron chi connectivity index (χ0n) is 51.5. The summed E-state index contributed by atoms with van der Waals surface area (Å²) >= 11 is 0. The van der Waals surface area contributed by atoms with Crippen LogP contribution < -0.4 is 0 Å². The van der Waals surface area contributed by atoms with Gasteiger partial charge < -0.3 is 24.2 Å². The molecule has 0 aromatic carbocycles. The molecule has 12 heteroatoms. The van der Waals surface area contributed by atoms with E-state index in [2.05, 4.69) is 93.7 Å². The van der Waals surface area contributed by atoms with E-state index in [1.54, 1.807) is 0 Å². The van der Waals surface area contributed by atoms with E-state index < -0.39 is 57.8 Å². The van der Waals surface area contributed by atoms with Crippen LogP contribution in [0.1, 0.15) is 303 Å². The largest absolute Gasteiger partial charge is 0.472 e. The van der Waals surface area contributed by atoms with Crippen LogP contribution in [0, 0.1) is 0 Å². The van der Waals surface area contributed by atoms with Crippen molar-refractivity contribution in [2.24, 2.45) is 0 Å². The predicted molar refractivity (Wildman–Crippen MR) is 335 cm³/mol. The molecular formula is C68H121O11P. The highest BCUT2D eigenvalue weighted by molar-refractivity contribution is 7.47. The number of hydrogen-bond acceptors (Lipinski definition) is 10. The average molecular weight is 1150 g/mol. The number of allylic oxidation sites excluding steroid dienone is 12. The van der Waals surface area contributed by atoms with Crippen LogP contribution in [0.3, 0.4) is 0 Å². The number of phosphoric acid groups is 1. The van der Waals surface area contributed by atoms with E-state index in [1.165, 1.54) is 148 Å². The lowest BCUT2D eigenvalue weighted by molar-refractivity contribution is -0.161. The molecule has 0 rings (SSSR count). The number of hydrogen-bond donors (Lipinski definition) is 2. The van der Waals surface area contributed by atoms with Gasteiger partial charge in [-0.1, -0.05) is 267 Å². The number of esters is 3. The predicted octanol–water partition coefficient (Wildman–Crippen LogP) is 20.0. The number of phosphoric ester groups is 1. The Kier molecular flexibility index (Phi) is 59.6. The van der Waals surface area contributed by atoms with Gasteiger partial charge in [0.1, 0.15) is 12.7 Å². The Balaban J connectivity index is 4.73. The van der Waals surface area contributed by atoms with Crippen molar-refractivity contribution >= 4 is 25.7 Å². The molecule has 0 amide bonds. The molecule has 0 aliphatic carbocycles. The molecule has 0 heterocycles. The van der Waals surface area contributed by atoms with E-state index in [1.807, 2.05) is 0 Å². The molecule has 2 N–H and O–H groups in total. The fourth-order valence-electron chi connectivity index (χ4n) is 9.14. The van der Waals surface area contributed by atoms with Crippen molar-refractivity contribution in [2.45, 2.75) is 315 Å². The lowest BCUT2D eigenvalue weighted by atomic mass is 10.0. The number of carbonyl (C=O) groups is 3. The van der Waals surface area contributed by atoms with E-state index in [9.17, 15) is 28.9 Å². The van der Waals surface area contributed by atoms with Gasteiger partial charge in [-0.15, -0.1) is 0 Å². The molecule has 3 atom stereocenters. The first kappa shape index (κ1) is 76.9. The molecule has 0 aliphatic rings. The minimum Gasteiger partial charge on any atom is -0.462 e. The Bertz CT molecular complexity index is 1620. The maximum atomic E-state index is 13.0. The van der Waals surface area contributed by atoms with Crippen LogP contribution in [0.4, 0.5) is 0 Å². The van der Waals surface area contributed by atoms with Crippen molar-refractivity contribution in [3.8, 4) is 0 Å². The van der Waals surface area contributed by atoms with E-state index in [0.717, 1.165) is 96.3 Å². The quantitative estimate of drug-likeness (QED) is 0.0197. The summed E-state index contributed by atoms with van der Waals surface area (Å²) < 4.78 is 39.7. The van der Waals surface area contributed by atoms with Gasteiger partial charge in [-0.3, -0.25) is 23.4 Å². The summed E-state index contributed by atoms with van der Waals surface area (Å²) in [5.41, 5.74) is 0. The molecule has 0 fully saturated rings. The number of ether oxygens (including phenoxy) is 3. The number of aliphatic hydroxyl groups is 1. The summed E-state index contributed by atoms with van der Waals surface area (Å²) in [5.74, 6) is -1.49. The normalized spacial score (nSPS) is 13.7. The molecule has 0 spiro atoms. The minimum atomic E-state index is -4.76. The standard InChI is InChI=1S/C68H121O11P/c1-4-7-10-13-16-19-22-25-28-31-32-35-38-41-44-47-50-53-56-59-68(72)79-65(61-75-66(70)57-54-51-48-45-42-39-36-33-29-26-23-20-17-14-11-8-5-2)63-77-80(73,74)76-62-64(60-69)78-67(71)58-55-52-49-46-43-40-37-34-30-27-24-21-18-15-12-9-6-3/h7,10,16,19,25-26,28-29,32,35,41,44,64-65,69H,4-6,8-9,11-15,17-18,20-24,27,30-31,33-34,36-40,42-43,45-63H2,1-3H3,(H,73,74)/b10-7-,19-16-,28-25-,29-26-,35-32-,44-41-. The van der Waals surface area contributed by atoms with Gasteiger partial charge in [0.25, 0.3) is 0 Å². The third-order valence-corrected chi connectivity index (χ3v) is 15.1. The van der Waals surface area contributed by atoms with Gasteiger partial charge in [0, 0.05) is 19.3 Å². The van der Waals surface area contributed by atoms with E-state index in [4.69, 9.17) is 23.3 Å². The van der Waals surface area contributed by atoms with Crippen LogP contribution in [0.25, 0.3) is 0 Å². The van der Waals surface area contributed by atoms with Crippen molar-refractivity contribution < 1.29 is 52.2 Å². The van der Waals surface area contributed by atoms with Gasteiger partial charge in [-0.05, 0) is 89.9 Å². The third-order valence-electron chi connectivity index (χ3n) is 14.1. The number of aliphatic hydroxyl groups excluding tert-OH is 1. The zero-order chi connectivity index (χ0) is 58.3. The molecule has 0 bridgehead atoms. The zero-order valence-corrected chi connectivity index (χ0v) is 52.4. The first-order valence-electron chi connectivity index (χ1n) is 32.8. The van der Waals surface area contributed by atoms with Gasteiger partial charge in [0.15, 0.2) is 6.10 Å². The molecule has 0 aromatic heterocycles. The summed E-state index contributed by atoms with van der Waals surface area (Å²) in [7, 11) is -4.76. The fourth-order valence-corrected chi connectivity index (χ4v) is 9.93. The highest BCUT2D eigenvalue weighted by Gasteiger charge is 2.28. The summed E-state index contributed by atoms with van der Waals surface area (Å²) in [5, 5.41) is 9.86. The first-order valence-corrected chi connectivity index (χ1v) is 34.3. The monoisotopic (exact) mass is 1140 g/mol. The van der Waals surface area contributed by atoms with Crippen LogP contribution in [-0.2, 0) is 42.2 Å². The molecule has 0 aliphatic heterocycles. The Morgan fingerprint density at radius 1 is 0.362 bits per heavy atom. The van der Waals surface area contributed by atoms with Gasteiger partial charge in [0.05, 0.1) is 19.8 Å². The molecule has 80 heavy (non-hydrogen) atoms. The molecular weight excluding hydrogens is 1020 g/mol. The van der Waals surface area contributed by atoms with E-state index in [0.29, 0.717) is 19.3 Å². The second-order valence-electron chi connectivity index (χ2n) is 21.9. The maximum absolute atomic E-state index is 13.0. The second-order valence-corrected chi connectivity index (χ2v) is 23.4. The number of carbonyl (C=O) groups excluding carboxylic acids is 3. The van der Waals surface area contributed by atoms with Crippen LogP contribution in [-0.4, -0.2) is 66.5 Å². The van der Waals surface area contributed by atoms with Crippen molar-refractivity contribution in [3.05, 3.63) is 72.9 Å². The van der Waals surface area contributed by atoms with Crippen molar-refractivity contribution in [1.29, 1.82) is 0 Å². The SMILES string of the molecule is CC/C=C\C/C=C\C/C=C\C/C=C\C/C=C\CCCCCC(=O)OC(COC(=O)CCCCCCCCC/C=C\CCCCCCCC)COP(=O)(O)OCC(CO)OC(=O)CCCCCCCCCCCCCCCCCCC. The van der Waals surface area contributed by atoms with Crippen molar-refractivity contribution in [1.82, 2.24) is 0 Å². The van der Waals surface area contributed by atoms with Gasteiger partial charge in [-0.2, -0.15) is 0 Å². The third kappa shape index (κ3) is 59.5. The molecule has 0 saturated carbocycles. The Labute approximate surface area is 490 Å². The van der Waals surface area contributed by atoms with Crippen molar-refractivity contribution in [3.63, 3.8) is 0 Å². The molecule has 3 unspecified atom stereocenters. The van der Waals surface area contributed by atoms with Gasteiger partial charge >= 0.3 is 25.7 Å². The molecule has 464 valence electrons. The lowest BCUT2D eigenvalue weighted by Gasteiger charge is -2.21. The summed E-state index contributed by atoms with van der Waals surface area (Å²) in [6, 6.07) is 0. The number of rotatable bonds is 61. The average Bonchev–Trinajstić information content (AvgIpc) is 3.45. The van der Waals surface area contributed by atoms with Gasteiger partial charge in [-0.25, -0.2) is 4.57 Å². The van der Waals surface area contributed by atoms with Crippen LogP contribution in [0.15, 0.2) is 72.9 Å². The highest BCUT2D eigenvalue weighted by atomic mass is 31.2. The maximum Gasteiger partial charge on any atom is 0.472 e. The Hall–Kier alpha value is -3.08. The van der Waals surface area contributed by atoms with Gasteiger partial charge in [0.2, 0.25) is 0 Å². The molecule has 0 saturated heterocycles. The Morgan fingerprint density at radius 3 is 1.02 bits per heavy atom. The van der Waals surface area contributed by atoms with Crippen LogP contribution >= 0.6 is 7.82 Å². The summed E-state index contributed by atoms with van der Waals surface area (Å²) in [6.07, 6.45) is 71.4. The Morgan fingerprint density at radius 2 is 0.650 bits per heavy atom. The summed E-state index contributed by atoms with van der Waals surface area (Å²) in [6.45, 7) is 4.54. The molecule has 11 nitrogen and oxygen atoms in total. The second kappa shape index (κ2) is 62.0. The molecule has 0 aromatic rings. The van der Waals surface area contributed by atoms with Crippen molar-refractivity contribution in [2.75, 3.05) is 26.4 Å². The van der Waals surface area contributed by atoms with E-state index in [-0.39, 0.29) is 25.9 Å². The smallest absolute Gasteiger partial charge is 0.462 e. The first-order chi connectivity index (χ1) is 39.2. The number of unbranched alkanes of at least 4 members (excludes halogenated alkanes) is 32. The fraction of sp³-hybridized carbons (Fsp3) is 0.779. The summed E-state index contributed by atoms with van der Waals surface area (Å²) in [4.78, 5) is 48.8. The van der Waals surface area contributed by atoms with E-state index >= 15 is 0 Å². The highest BCUT2D eigenvalue weighted by Crippen LogP contribution is 2.43.